The molecule has 0 aliphatic carbocycles. The van der Waals surface area contributed by atoms with Crippen molar-refractivity contribution in [2.24, 2.45) is 10.9 Å². The zero-order valence-corrected chi connectivity index (χ0v) is 18.5. The second-order valence-electron chi connectivity index (χ2n) is 7.65. The van der Waals surface area contributed by atoms with Gasteiger partial charge < -0.3 is 15.5 Å². The highest BCUT2D eigenvalue weighted by Crippen LogP contribution is 2.29. The van der Waals surface area contributed by atoms with Gasteiger partial charge in [-0.15, -0.1) is 0 Å². The van der Waals surface area contributed by atoms with Crippen molar-refractivity contribution in [2.45, 2.75) is 13.5 Å². The van der Waals surface area contributed by atoms with Crippen LogP contribution < -0.4 is 10.5 Å². The highest BCUT2D eigenvalue weighted by molar-refractivity contribution is 7.92. The van der Waals surface area contributed by atoms with E-state index in [1.807, 2.05) is 41.8 Å². The smallest absolute Gasteiger partial charge is 0.229 e. The van der Waals surface area contributed by atoms with Crippen LogP contribution >= 0.6 is 0 Å². The van der Waals surface area contributed by atoms with Gasteiger partial charge in [0, 0.05) is 23.4 Å². The summed E-state index contributed by atoms with van der Waals surface area (Å²) < 4.78 is 27.9. The molecule has 0 bridgehead atoms. The number of amidine groups is 1. The van der Waals surface area contributed by atoms with Crippen molar-refractivity contribution in [1.82, 2.24) is 9.55 Å². The lowest BCUT2D eigenvalue weighted by Crippen LogP contribution is -2.13. The summed E-state index contributed by atoms with van der Waals surface area (Å²) in [4.78, 5) is 4.80. The number of oxime groups is 1. The Kier molecular flexibility index (Phi) is 5.58. The van der Waals surface area contributed by atoms with Crippen molar-refractivity contribution < 1.29 is 13.6 Å². The van der Waals surface area contributed by atoms with E-state index < -0.39 is 10.0 Å². The highest BCUT2D eigenvalue weighted by Gasteiger charge is 2.16. The zero-order chi connectivity index (χ0) is 22.9. The maximum atomic E-state index is 11.7. The molecule has 1 heterocycles. The number of benzene rings is 3. The summed E-state index contributed by atoms with van der Waals surface area (Å²) in [7, 11) is -3.41. The van der Waals surface area contributed by atoms with Crippen molar-refractivity contribution in [3.63, 3.8) is 0 Å². The first kappa shape index (κ1) is 21.4. The number of hydrogen-bond acceptors (Lipinski definition) is 5. The van der Waals surface area contributed by atoms with Crippen molar-refractivity contribution in [3.05, 3.63) is 83.4 Å². The van der Waals surface area contributed by atoms with Crippen LogP contribution in [0.3, 0.4) is 0 Å². The Morgan fingerprint density at radius 3 is 2.56 bits per heavy atom. The molecule has 4 rings (SSSR count). The fourth-order valence-corrected chi connectivity index (χ4v) is 4.09. The molecule has 0 unspecified atom stereocenters. The van der Waals surface area contributed by atoms with E-state index in [0.717, 1.165) is 28.4 Å². The van der Waals surface area contributed by atoms with Gasteiger partial charge in [0.05, 0.1) is 17.3 Å². The van der Waals surface area contributed by atoms with E-state index in [1.54, 1.807) is 24.3 Å². The molecule has 9 heteroatoms. The van der Waals surface area contributed by atoms with E-state index >= 15 is 0 Å². The Labute approximate surface area is 186 Å². The Morgan fingerprint density at radius 1 is 1.12 bits per heavy atom. The molecule has 0 radical (unpaired) electrons. The molecule has 0 aliphatic rings. The number of sulfonamides is 1. The topological polar surface area (TPSA) is 123 Å². The summed E-state index contributed by atoms with van der Waals surface area (Å²) in [5.74, 6) is 0.685. The second kappa shape index (κ2) is 8.35. The molecule has 3 aromatic carbocycles. The van der Waals surface area contributed by atoms with Crippen molar-refractivity contribution in [2.75, 3.05) is 11.0 Å². The van der Waals surface area contributed by atoms with Crippen LogP contribution in [0, 0.1) is 6.92 Å². The average molecular weight is 450 g/mol. The molecule has 0 amide bonds. The monoisotopic (exact) mass is 449 g/mol. The van der Waals surface area contributed by atoms with Gasteiger partial charge >= 0.3 is 0 Å². The van der Waals surface area contributed by atoms with Gasteiger partial charge in [-0.3, -0.25) is 4.72 Å². The Morgan fingerprint density at radius 2 is 1.88 bits per heavy atom. The number of imidazole rings is 1. The van der Waals surface area contributed by atoms with E-state index in [0.29, 0.717) is 23.6 Å². The minimum Gasteiger partial charge on any atom is -0.409 e. The number of nitrogens with zero attached hydrogens (tertiary/aromatic N) is 3. The van der Waals surface area contributed by atoms with E-state index in [9.17, 15) is 8.42 Å². The minimum atomic E-state index is -3.41. The molecular formula is C23H23N5O3S. The molecule has 32 heavy (non-hydrogen) atoms. The van der Waals surface area contributed by atoms with Crippen LogP contribution in [-0.2, 0) is 16.6 Å². The van der Waals surface area contributed by atoms with E-state index in [2.05, 4.69) is 22.0 Å². The van der Waals surface area contributed by atoms with Crippen LogP contribution in [-0.4, -0.2) is 35.3 Å². The summed E-state index contributed by atoms with van der Waals surface area (Å²) >= 11 is 0. The predicted molar refractivity (Wildman–Crippen MR) is 126 cm³/mol. The standard InChI is InChI=1S/C23H23N5O3S/c1-15-6-8-16(9-7-15)14-28-21-13-17(22(24)26-29)10-11-20(21)25-23(28)18-4-3-5-19(12-18)27-32(2,30)31/h3-13,27,29H,14H2,1-2H3,(H2,24,26). The molecular weight excluding hydrogens is 426 g/mol. The predicted octanol–water partition coefficient (Wildman–Crippen LogP) is 3.53. The molecule has 0 saturated carbocycles. The fourth-order valence-electron chi connectivity index (χ4n) is 3.53. The van der Waals surface area contributed by atoms with Crippen LogP contribution in [0.2, 0.25) is 0 Å². The van der Waals surface area contributed by atoms with Crippen molar-refractivity contribution >= 4 is 32.6 Å². The first-order valence-electron chi connectivity index (χ1n) is 9.85. The number of aromatic nitrogens is 2. The summed E-state index contributed by atoms with van der Waals surface area (Å²) in [5, 5.41) is 12.2. The first-order chi connectivity index (χ1) is 15.2. The lowest BCUT2D eigenvalue weighted by molar-refractivity contribution is 0.318. The number of hydrogen-bond donors (Lipinski definition) is 3. The van der Waals surface area contributed by atoms with Crippen LogP contribution in [0.5, 0.6) is 0 Å². The lowest BCUT2D eigenvalue weighted by Gasteiger charge is -2.12. The van der Waals surface area contributed by atoms with Crippen LogP contribution in [0.25, 0.3) is 22.4 Å². The molecule has 0 saturated heterocycles. The number of nitrogens with two attached hydrogens (primary N) is 1. The molecule has 164 valence electrons. The number of rotatable bonds is 6. The second-order valence-corrected chi connectivity index (χ2v) is 9.40. The molecule has 0 spiro atoms. The largest absolute Gasteiger partial charge is 0.409 e. The molecule has 0 fully saturated rings. The van der Waals surface area contributed by atoms with Gasteiger partial charge in [0.15, 0.2) is 5.84 Å². The normalized spacial score (nSPS) is 12.2. The van der Waals surface area contributed by atoms with Gasteiger partial charge in [-0.25, -0.2) is 13.4 Å². The third-order valence-corrected chi connectivity index (χ3v) is 5.64. The number of nitrogens with one attached hydrogen (secondary N) is 1. The quantitative estimate of drug-likeness (QED) is 0.180. The van der Waals surface area contributed by atoms with Gasteiger partial charge in [-0.1, -0.05) is 47.1 Å². The number of anilines is 1. The highest BCUT2D eigenvalue weighted by atomic mass is 32.2. The zero-order valence-electron chi connectivity index (χ0n) is 17.6. The summed E-state index contributed by atoms with van der Waals surface area (Å²) in [5.41, 5.74) is 11.4. The van der Waals surface area contributed by atoms with E-state index in [-0.39, 0.29) is 5.84 Å². The lowest BCUT2D eigenvalue weighted by atomic mass is 10.1. The van der Waals surface area contributed by atoms with Crippen molar-refractivity contribution in [1.29, 1.82) is 0 Å². The maximum absolute atomic E-state index is 11.7. The average Bonchev–Trinajstić information content (AvgIpc) is 3.11. The Balaban J connectivity index is 1.89. The number of aryl methyl sites for hydroxylation is 1. The SMILES string of the molecule is Cc1ccc(Cn2c(-c3cccc(NS(C)(=O)=O)c3)nc3ccc(/C(N)=N\O)cc32)cc1. The summed E-state index contributed by atoms with van der Waals surface area (Å²) in [6.45, 7) is 2.57. The molecule has 0 atom stereocenters. The van der Waals surface area contributed by atoms with Crippen molar-refractivity contribution in [3.8, 4) is 11.4 Å². The summed E-state index contributed by atoms with van der Waals surface area (Å²) in [6.07, 6.45) is 1.11. The number of fused-ring (bicyclic) bond motifs is 1. The summed E-state index contributed by atoms with van der Waals surface area (Å²) in [6, 6.07) is 20.7. The van der Waals surface area contributed by atoms with Gasteiger partial charge in [-0.2, -0.15) is 0 Å². The van der Waals surface area contributed by atoms with Crippen LogP contribution in [0.1, 0.15) is 16.7 Å². The minimum absolute atomic E-state index is 0.0101. The fraction of sp³-hybridized carbons (Fsp3) is 0.130. The van der Waals surface area contributed by atoms with Gasteiger partial charge in [0.1, 0.15) is 5.82 Å². The third-order valence-electron chi connectivity index (χ3n) is 5.04. The van der Waals surface area contributed by atoms with Crippen LogP contribution in [0.4, 0.5) is 5.69 Å². The van der Waals surface area contributed by atoms with Gasteiger partial charge in [0.25, 0.3) is 0 Å². The third kappa shape index (κ3) is 4.57. The molecule has 0 aliphatic heterocycles. The first-order valence-corrected chi connectivity index (χ1v) is 11.7. The van der Waals surface area contributed by atoms with Gasteiger partial charge in [0.2, 0.25) is 10.0 Å². The molecule has 4 aromatic rings. The molecule has 1 aromatic heterocycles. The van der Waals surface area contributed by atoms with Gasteiger partial charge in [-0.05, 0) is 42.8 Å². The Hall–Kier alpha value is -3.85. The van der Waals surface area contributed by atoms with E-state index in [4.69, 9.17) is 15.9 Å². The molecule has 4 N–H and O–H groups in total. The van der Waals surface area contributed by atoms with Crippen LogP contribution in [0.15, 0.2) is 71.9 Å². The Bertz CT molecular complexity index is 1420. The maximum Gasteiger partial charge on any atom is 0.229 e. The molecule has 8 nitrogen and oxygen atoms in total. The van der Waals surface area contributed by atoms with E-state index in [1.165, 1.54) is 5.56 Å².